The van der Waals surface area contributed by atoms with Crippen molar-refractivity contribution in [2.75, 3.05) is 18.5 Å². The molecule has 2 aromatic rings. The Labute approximate surface area is 199 Å². The van der Waals surface area contributed by atoms with Gasteiger partial charge in [-0.2, -0.15) is 0 Å². The zero-order valence-corrected chi connectivity index (χ0v) is 21.0. The van der Waals surface area contributed by atoms with Gasteiger partial charge in [0.25, 0.3) is 0 Å². The summed E-state index contributed by atoms with van der Waals surface area (Å²) in [7, 11) is 2.01. The minimum Gasteiger partial charge on any atom is -0.466 e. The summed E-state index contributed by atoms with van der Waals surface area (Å²) in [5.41, 5.74) is 4.59. The van der Waals surface area contributed by atoms with Gasteiger partial charge in [-0.05, 0) is 50.8 Å². The van der Waals surface area contributed by atoms with Gasteiger partial charge in [0.15, 0.2) is 5.78 Å². The average molecular weight is 455 g/mol. The molecular formula is C28H42N2O3. The number of unbranched alkanes of at least 4 members (excludes halogenated alkanes) is 5. The Morgan fingerprint density at radius 3 is 2.45 bits per heavy atom. The van der Waals surface area contributed by atoms with Crippen LogP contribution >= 0.6 is 0 Å². The summed E-state index contributed by atoms with van der Waals surface area (Å²) in [4.78, 5) is 25.0. The molecule has 0 saturated carbocycles. The second-order valence-corrected chi connectivity index (χ2v) is 8.67. The van der Waals surface area contributed by atoms with E-state index in [0.29, 0.717) is 25.0 Å². The van der Waals surface area contributed by atoms with Crippen LogP contribution in [0.4, 0.5) is 5.69 Å². The highest BCUT2D eigenvalue weighted by atomic mass is 16.5. The number of aromatic nitrogens is 1. The normalized spacial score (nSPS) is 10.9. The first kappa shape index (κ1) is 26.7. The number of carbonyl (C=O) groups excluding carboxylic acids is 2. The van der Waals surface area contributed by atoms with Crippen molar-refractivity contribution in [3.05, 3.63) is 52.8 Å². The molecule has 1 aromatic carbocycles. The molecule has 182 valence electrons. The number of hydrogen-bond acceptors (Lipinski definition) is 4. The number of ketones is 1. The minimum absolute atomic E-state index is 0.0577. The lowest BCUT2D eigenvalue weighted by atomic mass is 10.0. The highest BCUT2D eigenvalue weighted by molar-refractivity contribution is 6.10. The van der Waals surface area contributed by atoms with Crippen molar-refractivity contribution in [2.45, 2.75) is 85.0 Å². The van der Waals surface area contributed by atoms with Crippen LogP contribution in [-0.4, -0.2) is 29.5 Å². The quantitative estimate of drug-likeness (QED) is 0.179. The highest BCUT2D eigenvalue weighted by Gasteiger charge is 2.19. The molecule has 5 heteroatoms. The summed E-state index contributed by atoms with van der Waals surface area (Å²) in [5.74, 6) is -0.105. The molecule has 1 heterocycles. The van der Waals surface area contributed by atoms with Crippen molar-refractivity contribution in [1.29, 1.82) is 0 Å². The van der Waals surface area contributed by atoms with Crippen molar-refractivity contribution < 1.29 is 14.3 Å². The van der Waals surface area contributed by atoms with Crippen molar-refractivity contribution in [1.82, 2.24) is 4.57 Å². The smallest absolute Gasteiger partial charge is 0.305 e. The first-order valence-electron chi connectivity index (χ1n) is 12.7. The van der Waals surface area contributed by atoms with Crippen LogP contribution in [0.2, 0.25) is 0 Å². The van der Waals surface area contributed by atoms with E-state index >= 15 is 0 Å². The first-order chi connectivity index (χ1) is 16.0. The standard InChI is InChI=1S/C28H42N2O3/c1-5-8-9-10-11-12-19-29-23-16-13-15-22(20-23)28(32)25-21-24(30(4)26(25)6-2)17-14-18-27(31)33-7-3/h13,15-16,20-21,29H,5-12,14,17-19H2,1-4H3. The third kappa shape index (κ3) is 8.38. The fourth-order valence-corrected chi connectivity index (χ4v) is 4.28. The molecule has 0 bridgehead atoms. The molecule has 0 amide bonds. The molecule has 33 heavy (non-hydrogen) atoms. The monoisotopic (exact) mass is 454 g/mol. The zero-order valence-electron chi connectivity index (χ0n) is 21.0. The summed E-state index contributed by atoms with van der Waals surface area (Å²) in [6.07, 6.45) is 10.2. The zero-order chi connectivity index (χ0) is 24.1. The summed E-state index contributed by atoms with van der Waals surface area (Å²) in [6, 6.07) is 9.84. The van der Waals surface area contributed by atoms with Crippen LogP contribution < -0.4 is 5.32 Å². The molecule has 0 spiro atoms. The van der Waals surface area contributed by atoms with E-state index in [9.17, 15) is 9.59 Å². The van der Waals surface area contributed by atoms with Gasteiger partial charge in [-0.3, -0.25) is 9.59 Å². The Balaban J connectivity index is 2.00. The van der Waals surface area contributed by atoms with Crippen LogP contribution in [0.3, 0.4) is 0 Å². The number of aryl methyl sites for hydroxylation is 1. The van der Waals surface area contributed by atoms with E-state index < -0.39 is 0 Å². The van der Waals surface area contributed by atoms with Gasteiger partial charge >= 0.3 is 5.97 Å². The number of carbonyl (C=O) groups is 2. The molecule has 0 radical (unpaired) electrons. The second-order valence-electron chi connectivity index (χ2n) is 8.67. The van der Waals surface area contributed by atoms with Crippen molar-refractivity contribution in [3.63, 3.8) is 0 Å². The van der Waals surface area contributed by atoms with Gasteiger partial charge < -0.3 is 14.6 Å². The Morgan fingerprint density at radius 1 is 0.970 bits per heavy atom. The maximum atomic E-state index is 13.4. The van der Waals surface area contributed by atoms with Crippen LogP contribution in [0.1, 0.15) is 99.4 Å². The fraction of sp³-hybridized carbons (Fsp3) is 0.571. The van der Waals surface area contributed by atoms with Crippen LogP contribution in [0.25, 0.3) is 0 Å². The van der Waals surface area contributed by atoms with Crippen molar-refractivity contribution >= 4 is 17.4 Å². The molecule has 0 atom stereocenters. The van der Waals surface area contributed by atoms with Gasteiger partial charge in [0.1, 0.15) is 0 Å². The average Bonchev–Trinajstić information content (AvgIpc) is 3.13. The predicted molar refractivity (Wildman–Crippen MR) is 136 cm³/mol. The molecule has 2 rings (SSSR count). The third-order valence-electron chi connectivity index (χ3n) is 6.14. The van der Waals surface area contributed by atoms with Gasteiger partial charge in [0.2, 0.25) is 0 Å². The maximum Gasteiger partial charge on any atom is 0.305 e. The number of nitrogens with zero attached hydrogens (tertiary/aromatic N) is 1. The van der Waals surface area contributed by atoms with Gasteiger partial charge in [-0.15, -0.1) is 0 Å². The summed E-state index contributed by atoms with van der Waals surface area (Å²) in [6.45, 7) is 7.48. The van der Waals surface area contributed by atoms with Crippen LogP contribution in [0, 0.1) is 0 Å². The number of ether oxygens (including phenoxy) is 1. The van der Waals surface area contributed by atoms with Crippen molar-refractivity contribution in [2.24, 2.45) is 7.05 Å². The Bertz CT molecular complexity index is 885. The Hall–Kier alpha value is -2.56. The molecule has 5 nitrogen and oxygen atoms in total. The summed E-state index contributed by atoms with van der Waals surface area (Å²) in [5, 5.41) is 3.48. The van der Waals surface area contributed by atoms with Gasteiger partial charge in [0, 0.05) is 48.2 Å². The van der Waals surface area contributed by atoms with Crippen LogP contribution in [-0.2, 0) is 29.4 Å². The molecular weight excluding hydrogens is 412 g/mol. The third-order valence-corrected chi connectivity index (χ3v) is 6.14. The molecule has 1 aromatic heterocycles. The van der Waals surface area contributed by atoms with E-state index in [0.717, 1.165) is 48.4 Å². The molecule has 0 aliphatic rings. The van der Waals surface area contributed by atoms with E-state index in [-0.39, 0.29) is 11.8 Å². The molecule has 0 saturated heterocycles. The van der Waals surface area contributed by atoms with Crippen LogP contribution in [0.15, 0.2) is 30.3 Å². The molecule has 0 fully saturated rings. The highest BCUT2D eigenvalue weighted by Crippen LogP contribution is 2.23. The number of benzene rings is 1. The molecule has 0 unspecified atom stereocenters. The lowest BCUT2D eigenvalue weighted by Crippen LogP contribution is -2.08. The predicted octanol–water partition coefficient (Wildman–Crippen LogP) is 6.48. The van der Waals surface area contributed by atoms with Crippen molar-refractivity contribution in [3.8, 4) is 0 Å². The minimum atomic E-state index is -0.163. The number of hydrogen-bond donors (Lipinski definition) is 1. The first-order valence-corrected chi connectivity index (χ1v) is 12.7. The van der Waals surface area contributed by atoms with E-state index in [2.05, 4.69) is 23.7 Å². The SMILES string of the molecule is CCCCCCCCNc1cccc(C(=O)c2cc(CCCC(=O)OCC)n(C)c2CC)c1. The molecule has 0 aliphatic heterocycles. The second kappa shape index (κ2) is 14.6. The summed E-state index contributed by atoms with van der Waals surface area (Å²) >= 11 is 0. The number of rotatable bonds is 16. The largest absolute Gasteiger partial charge is 0.466 e. The van der Waals surface area contributed by atoms with Gasteiger partial charge in [0.05, 0.1) is 6.61 Å². The van der Waals surface area contributed by atoms with Gasteiger partial charge in [-0.1, -0.05) is 58.1 Å². The number of esters is 1. The molecule has 0 aliphatic carbocycles. The number of nitrogens with one attached hydrogen (secondary N) is 1. The van der Waals surface area contributed by atoms with E-state index in [1.54, 1.807) is 0 Å². The molecule has 1 N–H and O–H groups in total. The maximum absolute atomic E-state index is 13.4. The summed E-state index contributed by atoms with van der Waals surface area (Å²) < 4.78 is 7.13. The number of anilines is 1. The van der Waals surface area contributed by atoms with E-state index in [4.69, 9.17) is 4.74 Å². The van der Waals surface area contributed by atoms with Crippen LogP contribution in [0.5, 0.6) is 0 Å². The lowest BCUT2D eigenvalue weighted by Gasteiger charge is -2.09. The Kier molecular flexibility index (Phi) is 11.8. The fourth-order valence-electron chi connectivity index (χ4n) is 4.28. The van der Waals surface area contributed by atoms with E-state index in [1.165, 1.54) is 32.1 Å². The van der Waals surface area contributed by atoms with Gasteiger partial charge in [-0.25, -0.2) is 0 Å². The van der Waals surface area contributed by atoms with E-state index in [1.807, 2.05) is 44.3 Å². The topological polar surface area (TPSA) is 60.3 Å². The Morgan fingerprint density at radius 2 is 1.73 bits per heavy atom. The lowest BCUT2D eigenvalue weighted by molar-refractivity contribution is -0.143.